The largest absolute Gasteiger partial charge is 0.356 e. The molecular formula is C12H19O3P. The monoisotopic (exact) mass is 242 g/mol. The van der Waals surface area contributed by atoms with Crippen molar-refractivity contribution in [1.82, 2.24) is 0 Å². The molecule has 0 aliphatic carbocycles. The van der Waals surface area contributed by atoms with Gasteiger partial charge in [-0.1, -0.05) is 44.9 Å². The molecular weight excluding hydrogens is 223 g/mol. The summed E-state index contributed by atoms with van der Waals surface area (Å²) in [5.74, 6) is 0.198. The molecule has 1 rings (SSSR count). The minimum absolute atomic E-state index is 0.179. The molecule has 0 fully saturated rings. The normalized spacial score (nSPS) is 13.8. The third kappa shape index (κ3) is 3.44. The lowest BCUT2D eigenvalue weighted by atomic mass is 9.96. The van der Waals surface area contributed by atoms with E-state index in [-0.39, 0.29) is 11.2 Å². The molecule has 90 valence electrons. The van der Waals surface area contributed by atoms with Gasteiger partial charge in [0.1, 0.15) is 0 Å². The van der Waals surface area contributed by atoms with Gasteiger partial charge < -0.3 is 9.79 Å². The zero-order valence-corrected chi connectivity index (χ0v) is 10.7. The Morgan fingerprint density at radius 2 is 1.94 bits per heavy atom. The van der Waals surface area contributed by atoms with Gasteiger partial charge in [-0.05, 0) is 24.0 Å². The van der Waals surface area contributed by atoms with Crippen molar-refractivity contribution in [2.45, 2.75) is 39.0 Å². The Morgan fingerprint density at radius 3 is 2.50 bits per heavy atom. The molecule has 1 atom stereocenters. The Labute approximate surface area is 96.7 Å². The van der Waals surface area contributed by atoms with E-state index in [0.29, 0.717) is 0 Å². The molecule has 0 aromatic heterocycles. The van der Waals surface area contributed by atoms with Crippen molar-refractivity contribution in [3.8, 4) is 0 Å². The molecule has 0 saturated carbocycles. The van der Waals surface area contributed by atoms with Crippen LogP contribution >= 0.6 is 7.60 Å². The maximum Gasteiger partial charge on any atom is 0.356 e. The van der Waals surface area contributed by atoms with Crippen LogP contribution in [0.4, 0.5) is 0 Å². The summed E-state index contributed by atoms with van der Waals surface area (Å²) in [7, 11) is -4.14. The summed E-state index contributed by atoms with van der Waals surface area (Å²) in [5.41, 5.74) is 0.782. The maximum absolute atomic E-state index is 11.3. The van der Waals surface area contributed by atoms with Gasteiger partial charge in [0.25, 0.3) is 0 Å². The van der Waals surface area contributed by atoms with Crippen LogP contribution < -0.4 is 5.30 Å². The quantitative estimate of drug-likeness (QED) is 0.780. The molecule has 1 unspecified atom stereocenters. The first-order chi connectivity index (χ1) is 7.46. The van der Waals surface area contributed by atoms with E-state index in [1.165, 1.54) is 6.07 Å². The molecule has 0 spiro atoms. The molecule has 0 aliphatic rings. The second kappa shape index (κ2) is 5.62. The predicted molar refractivity (Wildman–Crippen MR) is 66.1 cm³/mol. The highest BCUT2D eigenvalue weighted by Gasteiger charge is 2.23. The van der Waals surface area contributed by atoms with Gasteiger partial charge in [0, 0.05) is 0 Å². The Hall–Kier alpha value is -0.630. The van der Waals surface area contributed by atoms with Crippen LogP contribution in [0.1, 0.15) is 44.6 Å². The van der Waals surface area contributed by atoms with Crippen molar-refractivity contribution in [3.05, 3.63) is 29.8 Å². The van der Waals surface area contributed by atoms with Crippen LogP contribution in [0.25, 0.3) is 0 Å². The molecule has 0 aliphatic heterocycles. The highest BCUT2D eigenvalue weighted by atomic mass is 31.2. The third-order valence-electron chi connectivity index (χ3n) is 2.77. The molecule has 0 saturated heterocycles. The second-order valence-corrected chi connectivity index (χ2v) is 5.72. The summed E-state index contributed by atoms with van der Waals surface area (Å²) in [4.78, 5) is 18.5. The van der Waals surface area contributed by atoms with E-state index in [4.69, 9.17) is 0 Å². The van der Waals surface area contributed by atoms with Crippen LogP contribution in [0.3, 0.4) is 0 Å². The van der Waals surface area contributed by atoms with E-state index < -0.39 is 7.60 Å². The van der Waals surface area contributed by atoms with Crippen molar-refractivity contribution in [2.24, 2.45) is 0 Å². The van der Waals surface area contributed by atoms with Gasteiger partial charge in [-0.15, -0.1) is 0 Å². The Kier molecular flexibility index (Phi) is 4.72. The Bertz CT molecular complexity index is 384. The molecule has 0 heterocycles. The highest BCUT2D eigenvalue weighted by molar-refractivity contribution is 7.60. The van der Waals surface area contributed by atoms with Gasteiger partial charge in [-0.25, -0.2) is 0 Å². The van der Waals surface area contributed by atoms with E-state index >= 15 is 0 Å². The lowest BCUT2D eigenvalue weighted by Crippen LogP contribution is -2.13. The Morgan fingerprint density at radius 1 is 1.31 bits per heavy atom. The van der Waals surface area contributed by atoms with Crippen LogP contribution in [0.2, 0.25) is 0 Å². The highest BCUT2D eigenvalue weighted by Crippen LogP contribution is 2.37. The molecule has 0 bridgehead atoms. The second-order valence-electron chi connectivity index (χ2n) is 4.15. The van der Waals surface area contributed by atoms with Crippen LogP contribution in [0.5, 0.6) is 0 Å². The summed E-state index contributed by atoms with van der Waals surface area (Å²) in [6.07, 6.45) is 3.15. The average Bonchev–Trinajstić information content (AvgIpc) is 2.24. The van der Waals surface area contributed by atoms with E-state index in [2.05, 4.69) is 6.92 Å². The lowest BCUT2D eigenvalue weighted by Gasteiger charge is -2.16. The zero-order valence-electron chi connectivity index (χ0n) is 9.76. The summed E-state index contributed by atoms with van der Waals surface area (Å²) in [6.45, 7) is 4.13. The van der Waals surface area contributed by atoms with Gasteiger partial charge in [-0.2, -0.15) is 0 Å². The third-order valence-corrected chi connectivity index (χ3v) is 3.81. The summed E-state index contributed by atoms with van der Waals surface area (Å²) >= 11 is 0. The molecule has 0 radical (unpaired) electrons. The first-order valence-corrected chi connectivity index (χ1v) is 7.23. The van der Waals surface area contributed by atoms with Gasteiger partial charge in [0.15, 0.2) is 0 Å². The fourth-order valence-corrected chi connectivity index (χ4v) is 2.75. The number of hydrogen-bond acceptors (Lipinski definition) is 1. The maximum atomic E-state index is 11.3. The first kappa shape index (κ1) is 13.4. The van der Waals surface area contributed by atoms with E-state index in [1.54, 1.807) is 6.07 Å². The van der Waals surface area contributed by atoms with Gasteiger partial charge in [0.05, 0.1) is 5.30 Å². The predicted octanol–water partition coefficient (Wildman–Crippen LogP) is 2.78. The van der Waals surface area contributed by atoms with Gasteiger partial charge in [-0.3, -0.25) is 4.57 Å². The molecule has 4 heteroatoms. The van der Waals surface area contributed by atoms with Crippen molar-refractivity contribution in [1.29, 1.82) is 0 Å². The first-order valence-electron chi connectivity index (χ1n) is 5.61. The minimum Gasteiger partial charge on any atom is -0.321 e. The number of benzene rings is 1. The van der Waals surface area contributed by atoms with E-state index in [1.807, 2.05) is 19.1 Å². The summed E-state index contributed by atoms with van der Waals surface area (Å²) < 4.78 is 11.3. The molecule has 3 nitrogen and oxygen atoms in total. The van der Waals surface area contributed by atoms with Crippen molar-refractivity contribution < 1.29 is 14.4 Å². The fourth-order valence-electron chi connectivity index (χ4n) is 1.84. The number of unbranched alkanes of at least 4 members (excludes halogenated alkanes) is 1. The lowest BCUT2D eigenvalue weighted by molar-refractivity contribution is 0.387. The van der Waals surface area contributed by atoms with Crippen LogP contribution in [0.15, 0.2) is 24.3 Å². The Balaban J connectivity index is 2.99. The molecule has 1 aromatic rings. The van der Waals surface area contributed by atoms with Crippen molar-refractivity contribution in [2.75, 3.05) is 0 Å². The summed E-state index contributed by atoms with van der Waals surface area (Å²) in [5, 5.41) is 0.179. The van der Waals surface area contributed by atoms with Gasteiger partial charge >= 0.3 is 7.60 Å². The van der Waals surface area contributed by atoms with E-state index in [0.717, 1.165) is 24.8 Å². The van der Waals surface area contributed by atoms with Crippen molar-refractivity contribution >= 4 is 12.9 Å². The van der Waals surface area contributed by atoms with Crippen LogP contribution in [-0.2, 0) is 4.57 Å². The zero-order chi connectivity index (χ0) is 12.2. The topological polar surface area (TPSA) is 57.5 Å². The molecule has 0 amide bonds. The average molecular weight is 242 g/mol. The standard InChI is InChI=1S/C12H19O3P/c1-3-4-7-10(2)11-8-5-6-9-12(11)16(13,14)15/h5-6,8-10H,3-4,7H2,1-2H3,(H2,13,14,15). The van der Waals surface area contributed by atoms with Crippen LogP contribution in [-0.4, -0.2) is 9.79 Å². The minimum atomic E-state index is -4.14. The van der Waals surface area contributed by atoms with Gasteiger partial charge in [0.2, 0.25) is 0 Å². The number of rotatable bonds is 5. The molecule has 2 N–H and O–H groups in total. The smallest absolute Gasteiger partial charge is 0.321 e. The molecule has 1 aromatic carbocycles. The summed E-state index contributed by atoms with van der Waals surface area (Å²) in [6, 6.07) is 6.84. The molecule has 16 heavy (non-hydrogen) atoms. The van der Waals surface area contributed by atoms with Crippen LogP contribution in [0, 0.1) is 0 Å². The fraction of sp³-hybridized carbons (Fsp3) is 0.500. The van der Waals surface area contributed by atoms with E-state index in [9.17, 15) is 14.4 Å². The number of hydrogen-bond donors (Lipinski definition) is 2. The SMILES string of the molecule is CCCCC(C)c1ccccc1P(=O)(O)O. The van der Waals surface area contributed by atoms with Crippen molar-refractivity contribution in [3.63, 3.8) is 0 Å².